The van der Waals surface area contributed by atoms with Crippen LogP contribution in [0, 0.1) is 5.92 Å². The molecule has 2 aliphatic rings. The third-order valence-electron chi connectivity index (χ3n) is 6.32. The largest absolute Gasteiger partial charge is 0.382 e. The molecule has 1 amide bonds. The van der Waals surface area contributed by atoms with Gasteiger partial charge in [0.1, 0.15) is 5.82 Å². The zero-order chi connectivity index (χ0) is 21.6. The zero-order valence-electron chi connectivity index (χ0n) is 18.3. The summed E-state index contributed by atoms with van der Waals surface area (Å²) in [6, 6.07) is 10.8. The number of hydrogen-bond donors (Lipinski definition) is 3. The van der Waals surface area contributed by atoms with Gasteiger partial charge in [-0.25, -0.2) is 4.98 Å². The van der Waals surface area contributed by atoms with E-state index in [0.29, 0.717) is 12.0 Å². The predicted molar refractivity (Wildman–Crippen MR) is 125 cm³/mol. The van der Waals surface area contributed by atoms with Crippen LogP contribution in [-0.2, 0) is 16.0 Å². The van der Waals surface area contributed by atoms with Gasteiger partial charge >= 0.3 is 0 Å². The molecule has 1 saturated carbocycles. The fourth-order valence-electron chi connectivity index (χ4n) is 4.47. The number of carbonyl (C=O) groups is 1. The molecule has 1 aromatic carbocycles. The van der Waals surface area contributed by atoms with Crippen molar-refractivity contribution in [1.82, 2.24) is 4.98 Å². The third-order valence-corrected chi connectivity index (χ3v) is 6.32. The average Bonchev–Trinajstić information content (AvgIpc) is 2.78. The third kappa shape index (κ3) is 5.67. The Morgan fingerprint density at radius 1 is 1.19 bits per heavy atom. The van der Waals surface area contributed by atoms with Gasteiger partial charge in [0, 0.05) is 54.0 Å². The molecule has 1 saturated heterocycles. The van der Waals surface area contributed by atoms with Gasteiger partial charge in [0.25, 0.3) is 0 Å². The quantitative estimate of drug-likeness (QED) is 0.629. The molecule has 1 aliphatic carbocycles. The molecule has 0 bridgehead atoms. The lowest BCUT2D eigenvalue weighted by molar-refractivity contribution is -0.117. The van der Waals surface area contributed by atoms with Crippen LogP contribution in [0.4, 0.5) is 22.9 Å². The Labute approximate surface area is 184 Å². The van der Waals surface area contributed by atoms with E-state index in [1.807, 2.05) is 6.07 Å². The summed E-state index contributed by atoms with van der Waals surface area (Å²) in [6.45, 7) is 5.68. The highest BCUT2D eigenvalue weighted by atomic mass is 16.5. The zero-order valence-corrected chi connectivity index (χ0v) is 18.3. The first kappa shape index (κ1) is 21.4. The highest BCUT2D eigenvalue weighted by Gasteiger charge is 2.22. The van der Waals surface area contributed by atoms with Crippen LogP contribution in [0.3, 0.4) is 0 Å². The van der Waals surface area contributed by atoms with E-state index in [4.69, 9.17) is 10.5 Å². The van der Waals surface area contributed by atoms with Crippen molar-refractivity contribution in [3.8, 4) is 0 Å². The average molecular weight is 424 g/mol. The maximum Gasteiger partial charge on any atom is 0.221 e. The molecule has 7 nitrogen and oxygen atoms in total. The van der Waals surface area contributed by atoms with Crippen molar-refractivity contribution in [3.63, 3.8) is 0 Å². The topological polar surface area (TPSA) is 92.5 Å². The number of aromatic nitrogens is 1. The summed E-state index contributed by atoms with van der Waals surface area (Å²) >= 11 is 0. The maximum absolute atomic E-state index is 11.6. The summed E-state index contributed by atoms with van der Waals surface area (Å²) < 4.78 is 5.43. The Bertz CT molecular complexity index is 880. The molecule has 7 heteroatoms. The van der Waals surface area contributed by atoms with Crippen LogP contribution in [0.2, 0.25) is 0 Å². The van der Waals surface area contributed by atoms with Crippen LogP contribution in [0.5, 0.6) is 0 Å². The number of pyridine rings is 1. The number of rotatable bonds is 7. The first-order valence-electron chi connectivity index (χ1n) is 11.3. The SMILES string of the molecule is CC1CCCCC1Nc1cc(Nc2ccc(N3CCOCC3)cc2)ncc1CC(N)=O. The fourth-order valence-corrected chi connectivity index (χ4v) is 4.47. The lowest BCUT2D eigenvalue weighted by Gasteiger charge is -2.31. The summed E-state index contributed by atoms with van der Waals surface area (Å²) in [4.78, 5) is 18.4. The van der Waals surface area contributed by atoms with Gasteiger partial charge in [-0.3, -0.25) is 4.79 Å². The van der Waals surface area contributed by atoms with Gasteiger partial charge in [0.15, 0.2) is 0 Å². The van der Waals surface area contributed by atoms with Gasteiger partial charge in [-0.05, 0) is 43.0 Å². The van der Waals surface area contributed by atoms with E-state index >= 15 is 0 Å². The number of carbonyl (C=O) groups excluding carboxylic acids is 1. The second kappa shape index (κ2) is 10.0. The molecule has 2 heterocycles. The van der Waals surface area contributed by atoms with Crippen LogP contribution in [0.1, 0.15) is 38.2 Å². The van der Waals surface area contributed by atoms with Gasteiger partial charge in [-0.15, -0.1) is 0 Å². The standard InChI is InChI=1S/C24H33N5O2/c1-17-4-2-3-5-21(17)28-22-15-24(26-16-18(22)14-23(25)30)27-19-6-8-20(9-7-19)29-10-12-31-13-11-29/h6-9,15-17,21H,2-5,10-14H2,1H3,(H2,25,30)(H2,26,27,28). The number of hydrogen-bond acceptors (Lipinski definition) is 6. The minimum absolute atomic E-state index is 0.185. The molecule has 4 rings (SSSR count). The Kier molecular flexibility index (Phi) is 6.92. The van der Waals surface area contributed by atoms with E-state index in [9.17, 15) is 4.79 Å². The number of primary amides is 1. The van der Waals surface area contributed by atoms with Crippen molar-refractivity contribution in [1.29, 1.82) is 0 Å². The van der Waals surface area contributed by atoms with Crippen LogP contribution >= 0.6 is 0 Å². The van der Waals surface area contributed by atoms with Crippen molar-refractivity contribution in [2.75, 3.05) is 41.8 Å². The molecule has 0 radical (unpaired) electrons. The highest BCUT2D eigenvalue weighted by molar-refractivity contribution is 5.79. The van der Waals surface area contributed by atoms with Gasteiger partial charge in [-0.1, -0.05) is 19.8 Å². The summed E-state index contributed by atoms with van der Waals surface area (Å²) in [7, 11) is 0. The molecule has 1 aromatic heterocycles. The molecule has 1 aliphatic heterocycles. The molecule has 2 atom stereocenters. The van der Waals surface area contributed by atoms with E-state index in [0.717, 1.165) is 55.5 Å². The van der Waals surface area contributed by atoms with Crippen molar-refractivity contribution in [2.24, 2.45) is 11.7 Å². The molecule has 2 fully saturated rings. The number of ether oxygens (including phenoxy) is 1. The molecule has 4 N–H and O–H groups in total. The number of anilines is 4. The van der Waals surface area contributed by atoms with E-state index in [1.54, 1.807) is 6.20 Å². The number of nitrogens with one attached hydrogen (secondary N) is 2. The van der Waals surface area contributed by atoms with Gasteiger partial charge in [-0.2, -0.15) is 0 Å². The minimum Gasteiger partial charge on any atom is -0.382 e. The fraction of sp³-hybridized carbons (Fsp3) is 0.500. The van der Waals surface area contributed by atoms with Crippen molar-refractivity contribution in [2.45, 2.75) is 45.1 Å². The van der Waals surface area contributed by atoms with E-state index in [2.05, 4.69) is 51.7 Å². The van der Waals surface area contributed by atoms with E-state index in [1.165, 1.54) is 24.9 Å². The summed E-state index contributed by atoms with van der Waals surface area (Å²) in [6.07, 6.45) is 6.84. The van der Waals surface area contributed by atoms with E-state index < -0.39 is 0 Å². The highest BCUT2D eigenvalue weighted by Crippen LogP contribution is 2.30. The maximum atomic E-state index is 11.6. The monoisotopic (exact) mass is 423 g/mol. The number of nitrogens with two attached hydrogens (primary N) is 1. The summed E-state index contributed by atoms with van der Waals surface area (Å²) in [5.74, 6) is 1.01. The summed E-state index contributed by atoms with van der Waals surface area (Å²) in [5.41, 5.74) is 9.44. The van der Waals surface area contributed by atoms with Crippen molar-refractivity contribution >= 4 is 28.8 Å². The number of benzene rings is 1. The molecular weight excluding hydrogens is 390 g/mol. The predicted octanol–water partition coefficient (Wildman–Crippen LogP) is 3.68. The number of nitrogens with zero attached hydrogens (tertiary/aromatic N) is 2. The molecule has 2 aromatic rings. The van der Waals surface area contributed by atoms with Gasteiger partial charge < -0.3 is 26.0 Å². The van der Waals surface area contributed by atoms with Crippen LogP contribution in [0.25, 0.3) is 0 Å². The molecule has 31 heavy (non-hydrogen) atoms. The van der Waals surface area contributed by atoms with Gasteiger partial charge in [0.2, 0.25) is 5.91 Å². The Morgan fingerprint density at radius 3 is 2.65 bits per heavy atom. The molecule has 166 valence electrons. The first-order valence-corrected chi connectivity index (χ1v) is 11.3. The van der Waals surface area contributed by atoms with E-state index in [-0.39, 0.29) is 12.3 Å². The molecule has 0 spiro atoms. The smallest absolute Gasteiger partial charge is 0.221 e. The lowest BCUT2D eigenvalue weighted by Crippen LogP contribution is -2.36. The first-order chi connectivity index (χ1) is 15.1. The molecular formula is C24H33N5O2. The Morgan fingerprint density at radius 2 is 1.94 bits per heavy atom. The van der Waals surface area contributed by atoms with Crippen LogP contribution < -0.4 is 21.3 Å². The number of morpholine rings is 1. The minimum atomic E-state index is -0.346. The Hall–Kier alpha value is -2.80. The summed E-state index contributed by atoms with van der Waals surface area (Å²) in [5, 5.41) is 7.07. The van der Waals surface area contributed by atoms with Crippen LogP contribution in [0.15, 0.2) is 36.5 Å². The molecule has 2 unspecified atom stereocenters. The number of amides is 1. The van der Waals surface area contributed by atoms with Gasteiger partial charge in [0.05, 0.1) is 19.6 Å². The Balaban J connectivity index is 1.49. The lowest BCUT2D eigenvalue weighted by atomic mass is 9.85. The second-order valence-electron chi connectivity index (χ2n) is 8.65. The normalized spacial score (nSPS) is 21.5. The van der Waals surface area contributed by atoms with Crippen LogP contribution in [-0.4, -0.2) is 43.2 Å². The van der Waals surface area contributed by atoms with Crippen molar-refractivity contribution < 1.29 is 9.53 Å². The van der Waals surface area contributed by atoms with Crippen molar-refractivity contribution in [3.05, 3.63) is 42.1 Å². The second-order valence-corrected chi connectivity index (χ2v) is 8.65.